The Labute approximate surface area is 205 Å². The lowest BCUT2D eigenvalue weighted by atomic mass is 9.94. The summed E-state index contributed by atoms with van der Waals surface area (Å²) < 4.78 is 20.7. The van der Waals surface area contributed by atoms with E-state index in [0.29, 0.717) is 33.8 Å². The fourth-order valence-electron chi connectivity index (χ4n) is 3.21. The summed E-state index contributed by atoms with van der Waals surface area (Å²) in [6.45, 7) is 10.9. The van der Waals surface area contributed by atoms with Gasteiger partial charge in [0, 0.05) is 39.8 Å². The number of nitrogens with one attached hydrogen (secondary N) is 2. The van der Waals surface area contributed by atoms with Crippen LogP contribution < -0.4 is 15.4 Å². The SMILES string of the molecule is COc1ccc(-c2cnc(-c3ccccc3NC(=O)C(C)(C)C)c(F)c2)c(NC(=O)C(C)(C)C)c1. The number of benzene rings is 2. The Morgan fingerprint density at radius 1 is 0.829 bits per heavy atom. The van der Waals surface area contributed by atoms with Crippen LogP contribution in [-0.4, -0.2) is 23.9 Å². The molecule has 3 rings (SSSR count). The van der Waals surface area contributed by atoms with Gasteiger partial charge in [0.2, 0.25) is 11.8 Å². The van der Waals surface area contributed by atoms with Gasteiger partial charge >= 0.3 is 0 Å². The molecular weight excluding hydrogens is 445 g/mol. The summed E-state index contributed by atoms with van der Waals surface area (Å²) in [5.41, 5.74) is 1.45. The molecule has 0 aliphatic heterocycles. The number of carbonyl (C=O) groups is 2. The minimum atomic E-state index is -0.616. The van der Waals surface area contributed by atoms with Crippen LogP contribution in [0, 0.1) is 16.6 Å². The Morgan fingerprint density at radius 2 is 1.43 bits per heavy atom. The zero-order valence-corrected chi connectivity index (χ0v) is 21.2. The van der Waals surface area contributed by atoms with Crippen molar-refractivity contribution < 1.29 is 18.7 Å². The summed E-state index contributed by atoms with van der Waals surface area (Å²) in [6, 6.07) is 13.5. The molecule has 0 spiro atoms. The molecule has 2 aromatic carbocycles. The van der Waals surface area contributed by atoms with Gasteiger partial charge in [-0.05, 0) is 24.3 Å². The highest BCUT2D eigenvalue weighted by atomic mass is 19.1. The zero-order chi connectivity index (χ0) is 26.0. The molecule has 0 bridgehead atoms. The molecule has 1 aromatic heterocycles. The molecule has 0 unspecified atom stereocenters. The molecule has 1 heterocycles. The fourth-order valence-corrected chi connectivity index (χ4v) is 3.21. The third-order valence-corrected chi connectivity index (χ3v) is 5.42. The van der Waals surface area contributed by atoms with Crippen molar-refractivity contribution in [3.8, 4) is 28.1 Å². The van der Waals surface area contributed by atoms with Crippen molar-refractivity contribution in [3.05, 3.63) is 60.5 Å². The maximum absolute atomic E-state index is 15.4. The third-order valence-electron chi connectivity index (χ3n) is 5.42. The predicted molar refractivity (Wildman–Crippen MR) is 138 cm³/mol. The van der Waals surface area contributed by atoms with E-state index in [0.717, 1.165) is 0 Å². The highest BCUT2D eigenvalue weighted by Gasteiger charge is 2.24. The van der Waals surface area contributed by atoms with Gasteiger partial charge in [0.15, 0.2) is 0 Å². The first-order valence-electron chi connectivity index (χ1n) is 11.4. The van der Waals surface area contributed by atoms with E-state index >= 15 is 4.39 Å². The van der Waals surface area contributed by atoms with Crippen LogP contribution >= 0.6 is 0 Å². The fraction of sp³-hybridized carbons (Fsp3) is 0.321. The maximum atomic E-state index is 15.4. The summed E-state index contributed by atoms with van der Waals surface area (Å²) in [4.78, 5) is 29.6. The van der Waals surface area contributed by atoms with Gasteiger partial charge in [0.25, 0.3) is 0 Å². The van der Waals surface area contributed by atoms with Gasteiger partial charge in [-0.2, -0.15) is 0 Å². The molecule has 6 nitrogen and oxygen atoms in total. The van der Waals surface area contributed by atoms with Crippen molar-refractivity contribution in [2.24, 2.45) is 10.8 Å². The molecule has 2 N–H and O–H groups in total. The van der Waals surface area contributed by atoms with Gasteiger partial charge < -0.3 is 15.4 Å². The number of carbonyl (C=O) groups excluding carboxylic acids is 2. The van der Waals surface area contributed by atoms with Crippen LogP contribution in [0.25, 0.3) is 22.4 Å². The number of pyridine rings is 1. The number of anilines is 2. The van der Waals surface area contributed by atoms with Gasteiger partial charge in [0.1, 0.15) is 17.3 Å². The third kappa shape index (κ3) is 6.04. The summed E-state index contributed by atoms with van der Waals surface area (Å²) in [5, 5.41) is 5.79. The summed E-state index contributed by atoms with van der Waals surface area (Å²) in [7, 11) is 1.54. The largest absolute Gasteiger partial charge is 0.497 e. The van der Waals surface area contributed by atoms with Gasteiger partial charge in [-0.1, -0.05) is 59.7 Å². The second kappa shape index (κ2) is 9.86. The molecule has 0 radical (unpaired) electrons. The molecule has 2 amide bonds. The lowest BCUT2D eigenvalue weighted by Crippen LogP contribution is -2.28. The number of para-hydroxylation sites is 1. The second-order valence-corrected chi connectivity index (χ2v) is 10.4. The number of aromatic nitrogens is 1. The predicted octanol–water partition coefficient (Wildman–Crippen LogP) is 6.53. The highest BCUT2D eigenvalue weighted by Crippen LogP contribution is 2.36. The molecule has 0 saturated heterocycles. The van der Waals surface area contributed by atoms with E-state index in [1.807, 2.05) is 41.5 Å². The Bertz CT molecular complexity index is 1260. The Kier molecular flexibility index (Phi) is 7.29. The number of rotatable bonds is 5. The van der Waals surface area contributed by atoms with E-state index in [1.165, 1.54) is 13.2 Å². The van der Waals surface area contributed by atoms with Crippen molar-refractivity contribution in [2.45, 2.75) is 41.5 Å². The molecule has 3 aromatic rings. The number of hydrogen-bond donors (Lipinski definition) is 2. The number of amides is 2. The topological polar surface area (TPSA) is 80.3 Å². The van der Waals surface area contributed by atoms with Gasteiger partial charge in [0.05, 0.1) is 18.5 Å². The van der Waals surface area contributed by atoms with Crippen LogP contribution in [0.2, 0.25) is 0 Å². The van der Waals surface area contributed by atoms with E-state index in [4.69, 9.17) is 4.74 Å². The maximum Gasteiger partial charge on any atom is 0.229 e. The molecule has 35 heavy (non-hydrogen) atoms. The van der Waals surface area contributed by atoms with Crippen LogP contribution in [0.1, 0.15) is 41.5 Å². The molecule has 0 fully saturated rings. The lowest BCUT2D eigenvalue weighted by molar-refractivity contribution is -0.123. The quantitative estimate of drug-likeness (QED) is 0.438. The van der Waals surface area contributed by atoms with Crippen LogP contribution in [-0.2, 0) is 9.59 Å². The summed E-state index contributed by atoms with van der Waals surface area (Å²) in [5.74, 6) is -0.351. The van der Waals surface area contributed by atoms with Crippen molar-refractivity contribution >= 4 is 23.2 Å². The number of hydrogen-bond acceptors (Lipinski definition) is 4. The van der Waals surface area contributed by atoms with Crippen LogP contribution in [0.3, 0.4) is 0 Å². The van der Waals surface area contributed by atoms with Gasteiger partial charge in [-0.15, -0.1) is 0 Å². The Balaban J connectivity index is 2.03. The standard InChI is InChI=1S/C28H32FN3O3/c1-27(2,3)25(33)31-22-11-9-8-10-20(22)24-21(29)14-17(16-30-24)19-13-12-18(35-7)15-23(19)32-26(34)28(4,5)6/h8-16H,1-7H3,(H,31,33)(H,32,34). The van der Waals surface area contributed by atoms with Crippen LogP contribution in [0.15, 0.2) is 54.7 Å². The number of ether oxygens (including phenoxy) is 1. The van der Waals surface area contributed by atoms with Gasteiger partial charge in [-0.25, -0.2) is 4.39 Å². The second-order valence-electron chi connectivity index (χ2n) is 10.4. The highest BCUT2D eigenvalue weighted by molar-refractivity contribution is 5.99. The number of halogens is 1. The normalized spacial score (nSPS) is 11.7. The first kappa shape index (κ1) is 25.9. The van der Waals surface area contributed by atoms with Crippen molar-refractivity contribution in [2.75, 3.05) is 17.7 Å². The Morgan fingerprint density at radius 3 is 2.00 bits per heavy atom. The monoisotopic (exact) mass is 477 g/mol. The molecule has 0 aliphatic carbocycles. The van der Waals surface area contributed by atoms with Crippen molar-refractivity contribution in [1.82, 2.24) is 4.98 Å². The zero-order valence-electron chi connectivity index (χ0n) is 21.2. The molecule has 7 heteroatoms. The van der Waals surface area contributed by atoms with Crippen LogP contribution in [0.4, 0.5) is 15.8 Å². The van der Waals surface area contributed by atoms with E-state index in [2.05, 4.69) is 15.6 Å². The van der Waals surface area contributed by atoms with Crippen molar-refractivity contribution in [1.29, 1.82) is 0 Å². The molecule has 184 valence electrons. The average Bonchev–Trinajstić information content (AvgIpc) is 2.78. The number of methoxy groups -OCH3 is 1. The molecular formula is C28H32FN3O3. The Hall–Kier alpha value is -3.74. The smallest absolute Gasteiger partial charge is 0.229 e. The molecule has 0 atom stereocenters. The van der Waals surface area contributed by atoms with E-state index in [-0.39, 0.29) is 17.5 Å². The van der Waals surface area contributed by atoms with Crippen molar-refractivity contribution in [3.63, 3.8) is 0 Å². The summed E-state index contributed by atoms with van der Waals surface area (Å²) in [6.07, 6.45) is 1.55. The average molecular weight is 478 g/mol. The molecule has 0 saturated carbocycles. The van der Waals surface area contributed by atoms with Gasteiger partial charge in [-0.3, -0.25) is 14.6 Å². The van der Waals surface area contributed by atoms with E-state index in [1.54, 1.807) is 48.7 Å². The number of nitrogens with zero attached hydrogens (tertiary/aromatic N) is 1. The minimum absolute atomic E-state index is 0.118. The first-order valence-corrected chi connectivity index (χ1v) is 11.4. The first-order chi connectivity index (χ1) is 16.3. The summed E-state index contributed by atoms with van der Waals surface area (Å²) >= 11 is 0. The van der Waals surface area contributed by atoms with Crippen LogP contribution in [0.5, 0.6) is 5.75 Å². The minimum Gasteiger partial charge on any atom is -0.497 e. The van der Waals surface area contributed by atoms with E-state index < -0.39 is 16.6 Å². The van der Waals surface area contributed by atoms with E-state index in [9.17, 15) is 9.59 Å². The molecule has 0 aliphatic rings. The lowest BCUT2D eigenvalue weighted by Gasteiger charge is -2.20.